The van der Waals surface area contributed by atoms with Gasteiger partial charge < -0.3 is 29.9 Å². The molecule has 0 bridgehead atoms. The lowest BCUT2D eigenvalue weighted by Gasteiger charge is -2.26. The maximum Gasteiger partial charge on any atom is 0.168 e. The van der Waals surface area contributed by atoms with Gasteiger partial charge in [-0.2, -0.15) is 0 Å². The third-order valence-electron chi connectivity index (χ3n) is 8.27. The molecule has 2 aromatic heterocycles. The summed E-state index contributed by atoms with van der Waals surface area (Å²) in [5.41, 5.74) is 0.814. The van der Waals surface area contributed by atoms with E-state index in [0.717, 1.165) is 27.8 Å². The van der Waals surface area contributed by atoms with Crippen molar-refractivity contribution in [1.82, 2.24) is 14.5 Å². The molecule has 2 aliphatic rings. The molecular weight excluding hydrogens is 456 g/mol. The van der Waals surface area contributed by atoms with E-state index in [2.05, 4.69) is 15.3 Å². The first-order valence-corrected chi connectivity index (χ1v) is 12.2. The predicted octanol–water partition coefficient (Wildman–Crippen LogP) is 3.80. The average Bonchev–Trinajstić information content (AvgIpc) is 3.17. The number of hydrogen-bond acceptors (Lipinski definition) is 7. The Hall–Kier alpha value is -3.30. The van der Waals surface area contributed by atoms with Crippen molar-refractivity contribution in [2.75, 3.05) is 11.9 Å². The molecule has 1 aliphatic carbocycles. The van der Waals surface area contributed by atoms with E-state index in [4.69, 9.17) is 4.74 Å². The summed E-state index contributed by atoms with van der Waals surface area (Å²) in [5.74, 6) is 0.621. The number of hydrogen-bond donors (Lipinski definition) is 4. The Bertz CT molecular complexity index is 1440. The molecule has 4 aromatic rings. The van der Waals surface area contributed by atoms with Crippen LogP contribution in [0.4, 0.5) is 11.5 Å². The number of nitrogens with zero attached hydrogens (tertiary/aromatic N) is 3. The van der Waals surface area contributed by atoms with Gasteiger partial charge in [-0.3, -0.25) is 0 Å². The zero-order valence-electron chi connectivity index (χ0n) is 20.5. The molecule has 8 heteroatoms. The molecule has 2 fully saturated rings. The third-order valence-corrected chi connectivity index (χ3v) is 8.27. The van der Waals surface area contributed by atoms with Crippen LogP contribution in [0.15, 0.2) is 67.1 Å². The van der Waals surface area contributed by atoms with Crippen LogP contribution in [0.1, 0.15) is 32.6 Å². The fourth-order valence-corrected chi connectivity index (χ4v) is 6.08. The SMILES string of the molecule is C[C@H]1O[C@@H](n2cc(-c3ccccc3)c3c(Nc4ccc(CCO)cc4)ncnc32)[C@@]2(O)C(C)(C)[C@@]12O. The lowest BCUT2D eigenvalue weighted by atomic mass is 10.0. The maximum absolute atomic E-state index is 11.7. The molecule has 0 spiro atoms. The quantitative estimate of drug-likeness (QED) is 0.328. The van der Waals surface area contributed by atoms with E-state index in [-0.39, 0.29) is 6.61 Å². The fraction of sp³-hybridized carbons (Fsp3) is 0.357. The van der Waals surface area contributed by atoms with Gasteiger partial charge >= 0.3 is 0 Å². The molecule has 0 radical (unpaired) electrons. The second-order valence-corrected chi connectivity index (χ2v) is 10.3. The second-order valence-electron chi connectivity index (χ2n) is 10.3. The Morgan fingerprint density at radius 2 is 1.72 bits per heavy atom. The molecule has 4 atom stereocenters. The summed E-state index contributed by atoms with van der Waals surface area (Å²) in [6.07, 6.45) is 2.66. The smallest absolute Gasteiger partial charge is 0.168 e. The summed E-state index contributed by atoms with van der Waals surface area (Å²) in [4.78, 5) is 9.17. The second kappa shape index (κ2) is 7.85. The molecular formula is C28H30N4O4. The monoisotopic (exact) mass is 486 g/mol. The van der Waals surface area contributed by atoms with Gasteiger partial charge in [0.05, 0.1) is 11.5 Å². The van der Waals surface area contributed by atoms with Gasteiger partial charge in [-0.25, -0.2) is 9.97 Å². The van der Waals surface area contributed by atoms with Crippen LogP contribution >= 0.6 is 0 Å². The molecule has 186 valence electrons. The Kier molecular flexibility index (Phi) is 5.04. The van der Waals surface area contributed by atoms with Crippen LogP contribution in [-0.4, -0.2) is 53.8 Å². The normalized spacial score (nSPS) is 28.3. The first-order valence-electron chi connectivity index (χ1n) is 12.2. The molecule has 6 rings (SSSR count). The highest BCUT2D eigenvalue weighted by Gasteiger charge is 2.91. The van der Waals surface area contributed by atoms with Crippen LogP contribution in [0.5, 0.6) is 0 Å². The largest absolute Gasteiger partial charge is 0.396 e. The van der Waals surface area contributed by atoms with Crippen LogP contribution in [0, 0.1) is 5.41 Å². The summed E-state index contributed by atoms with van der Waals surface area (Å²) >= 11 is 0. The van der Waals surface area contributed by atoms with E-state index in [1.54, 1.807) is 6.92 Å². The zero-order chi connectivity index (χ0) is 25.3. The van der Waals surface area contributed by atoms with Gasteiger partial charge in [0.15, 0.2) is 6.23 Å². The summed E-state index contributed by atoms with van der Waals surface area (Å²) in [5, 5.41) is 36.4. The van der Waals surface area contributed by atoms with E-state index in [1.807, 2.05) is 79.2 Å². The average molecular weight is 487 g/mol. The van der Waals surface area contributed by atoms with Crippen LogP contribution in [-0.2, 0) is 11.2 Å². The molecule has 0 unspecified atom stereocenters. The highest BCUT2D eigenvalue weighted by molar-refractivity contribution is 6.02. The lowest BCUT2D eigenvalue weighted by molar-refractivity contribution is -0.105. The molecule has 1 saturated heterocycles. The molecule has 1 saturated carbocycles. The predicted molar refractivity (Wildman–Crippen MR) is 137 cm³/mol. The van der Waals surface area contributed by atoms with Gasteiger partial charge in [0.1, 0.15) is 29.0 Å². The lowest BCUT2D eigenvalue weighted by Crippen LogP contribution is -2.30. The highest BCUT2D eigenvalue weighted by atomic mass is 16.6. The number of rotatable bonds is 6. The minimum absolute atomic E-state index is 0.105. The first kappa shape index (κ1) is 23.1. The Morgan fingerprint density at radius 3 is 2.36 bits per heavy atom. The van der Waals surface area contributed by atoms with E-state index in [0.29, 0.717) is 17.9 Å². The Labute approximate surface area is 209 Å². The minimum atomic E-state index is -1.46. The van der Waals surface area contributed by atoms with Gasteiger partial charge in [0.2, 0.25) is 0 Å². The molecule has 0 amide bonds. The molecule has 2 aromatic carbocycles. The summed E-state index contributed by atoms with van der Waals surface area (Å²) < 4.78 is 8.00. The highest BCUT2D eigenvalue weighted by Crippen LogP contribution is 2.75. The molecule has 1 aliphatic heterocycles. The standard InChI is InChI=1S/C28H30N4O4/c1-17-27(34)26(2,3)28(27,35)25(36-17)32-15-21(19-7-5-4-6-8-19)22-23(29-16-30-24(22)32)31-20-11-9-18(10-12-20)13-14-33/h4-12,15-17,25,33-35H,13-14H2,1-3H3,(H,29,30,31)/t17-,25-,27+,28-/m1/s1. The number of ether oxygens (including phenoxy) is 1. The van der Waals surface area contributed by atoms with E-state index < -0.39 is 28.9 Å². The van der Waals surface area contributed by atoms with Crippen molar-refractivity contribution in [3.8, 4) is 11.1 Å². The maximum atomic E-state index is 11.7. The Morgan fingerprint density at radius 1 is 1.00 bits per heavy atom. The van der Waals surface area contributed by atoms with Crippen LogP contribution in [0.2, 0.25) is 0 Å². The molecule has 3 heterocycles. The number of nitrogens with one attached hydrogen (secondary N) is 1. The number of fused-ring (bicyclic) bond motifs is 2. The van der Waals surface area contributed by atoms with Gasteiger partial charge in [-0.05, 0) is 36.6 Å². The van der Waals surface area contributed by atoms with Crippen LogP contribution in [0.3, 0.4) is 0 Å². The zero-order valence-corrected chi connectivity index (χ0v) is 20.5. The van der Waals surface area contributed by atoms with Crippen LogP contribution in [0.25, 0.3) is 22.2 Å². The van der Waals surface area contributed by atoms with E-state index in [9.17, 15) is 15.3 Å². The third kappa shape index (κ3) is 2.90. The molecule has 4 N–H and O–H groups in total. The fourth-order valence-electron chi connectivity index (χ4n) is 6.08. The summed E-state index contributed by atoms with van der Waals surface area (Å²) in [7, 11) is 0. The van der Waals surface area contributed by atoms with Crippen molar-refractivity contribution in [2.24, 2.45) is 5.41 Å². The van der Waals surface area contributed by atoms with Crippen molar-refractivity contribution in [3.63, 3.8) is 0 Å². The van der Waals surface area contributed by atoms with E-state index >= 15 is 0 Å². The van der Waals surface area contributed by atoms with Gasteiger partial charge in [-0.1, -0.05) is 56.3 Å². The number of aromatic nitrogens is 3. The van der Waals surface area contributed by atoms with Crippen molar-refractivity contribution in [2.45, 2.75) is 50.7 Å². The number of benzene rings is 2. The van der Waals surface area contributed by atoms with Gasteiger partial charge in [0.25, 0.3) is 0 Å². The number of anilines is 2. The van der Waals surface area contributed by atoms with Gasteiger partial charge in [0, 0.05) is 29.5 Å². The van der Waals surface area contributed by atoms with Crippen molar-refractivity contribution in [3.05, 3.63) is 72.7 Å². The first-order chi connectivity index (χ1) is 17.2. The van der Waals surface area contributed by atoms with Crippen LogP contribution < -0.4 is 5.32 Å². The topological polar surface area (TPSA) is 113 Å². The van der Waals surface area contributed by atoms with Gasteiger partial charge in [-0.15, -0.1) is 0 Å². The summed E-state index contributed by atoms with van der Waals surface area (Å²) in [6, 6.07) is 17.8. The molecule has 8 nitrogen and oxygen atoms in total. The van der Waals surface area contributed by atoms with Crippen molar-refractivity contribution in [1.29, 1.82) is 0 Å². The summed E-state index contributed by atoms with van der Waals surface area (Å²) in [6.45, 7) is 5.63. The minimum Gasteiger partial charge on any atom is -0.396 e. The van der Waals surface area contributed by atoms with Crippen molar-refractivity contribution >= 4 is 22.5 Å². The Balaban J connectivity index is 1.50. The number of aliphatic hydroxyl groups excluding tert-OH is 1. The van der Waals surface area contributed by atoms with E-state index in [1.165, 1.54) is 6.33 Å². The van der Waals surface area contributed by atoms with Crippen molar-refractivity contribution < 1.29 is 20.1 Å². The number of aliphatic hydroxyl groups is 3. The molecule has 36 heavy (non-hydrogen) atoms.